The molecule has 5 heteroatoms. The minimum absolute atomic E-state index is 0.354. The summed E-state index contributed by atoms with van der Waals surface area (Å²) in [6.07, 6.45) is 0.954. The number of rotatable bonds is 7. The van der Waals surface area contributed by atoms with Crippen molar-refractivity contribution in [2.75, 3.05) is 18.9 Å². The second-order valence-electron chi connectivity index (χ2n) is 4.58. The van der Waals surface area contributed by atoms with E-state index >= 15 is 0 Å². The molecule has 2 aromatic rings. The monoisotopic (exact) mass is 287 g/mol. The van der Waals surface area contributed by atoms with Gasteiger partial charge in [0.2, 0.25) is 0 Å². The molecule has 2 N–H and O–H groups in total. The molecule has 0 fully saturated rings. The topological polar surface area (TPSA) is 70.3 Å². The predicted octanol–water partition coefficient (Wildman–Crippen LogP) is 3.05. The quantitative estimate of drug-likeness (QED) is 0.847. The summed E-state index contributed by atoms with van der Waals surface area (Å²) in [6, 6.07) is 9.56. The molecule has 0 amide bonds. The van der Waals surface area contributed by atoms with Gasteiger partial charge in [-0.2, -0.15) is 0 Å². The average molecular weight is 287 g/mol. The van der Waals surface area contributed by atoms with Crippen molar-refractivity contribution in [3.8, 4) is 17.0 Å². The van der Waals surface area contributed by atoms with E-state index < -0.39 is 0 Å². The Morgan fingerprint density at radius 2 is 1.95 bits per heavy atom. The number of nitrogens with zero attached hydrogens (tertiary/aromatic N) is 2. The highest BCUT2D eigenvalue weighted by atomic mass is 16.5. The molecule has 112 valence electrons. The lowest BCUT2D eigenvalue weighted by Crippen LogP contribution is -2.04. The summed E-state index contributed by atoms with van der Waals surface area (Å²) < 4.78 is 11.1. The van der Waals surface area contributed by atoms with Gasteiger partial charge in [0, 0.05) is 18.2 Å². The number of hydrogen-bond acceptors (Lipinski definition) is 5. The lowest BCUT2D eigenvalue weighted by Gasteiger charge is -2.11. The zero-order valence-corrected chi connectivity index (χ0v) is 12.5. The zero-order chi connectivity index (χ0) is 15.1. The molecule has 0 aliphatic carbocycles. The second kappa shape index (κ2) is 7.59. The Bertz CT molecular complexity index is 587. The summed E-state index contributed by atoms with van der Waals surface area (Å²) in [5, 5.41) is 0. The maximum atomic E-state index is 5.87. The van der Waals surface area contributed by atoms with Crippen LogP contribution in [-0.4, -0.2) is 23.2 Å². The van der Waals surface area contributed by atoms with Crippen molar-refractivity contribution in [3.05, 3.63) is 36.2 Å². The summed E-state index contributed by atoms with van der Waals surface area (Å²) in [5.41, 5.74) is 7.54. The van der Waals surface area contributed by atoms with Gasteiger partial charge in [0.25, 0.3) is 0 Å². The smallest absolute Gasteiger partial charge is 0.157 e. The first-order valence-electron chi connectivity index (χ1n) is 7.18. The highest BCUT2D eigenvalue weighted by Gasteiger charge is 2.10. The number of para-hydroxylation sites is 1. The van der Waals surface area contributed by atoms with Crippen LogP contribution in [0.5, 0.6) is 5.75 Å². The molecule has 1 aromatic carbocycles. The number of benzene rings is 1. The molecular formula is C16H21N3O2. The molecule has 0 aliphatic rings. The normalized spacial score (nSPS) is 10.6. The van der Waals surface area contributed by atoms with Gasteiger partial charge in [0.1, 0.15) is 18.2 Å². The molecule has 1 aromatic heterocycles. The van der Waals surface area contributed by atoms with Crippen LogP contribution in [0.4, 0.5) is 5.82 Å². The van der Waals surface area contributed by atoms with Crippen LogP contribution in [0.1, 0.15) is 26.1 Å². The number of ether oxygens (including phenoxy) is 2. The minimum atomic E-state index is 0.354. The Kier molecular flexibility index (Phi) is 5.51. The Balaban J connectivity index is 2.34. The van der Waals surface area contributed by atoms with Gasteiger partial charge >= 0.3 is 0 Å². The van der Waals surface area contributed by atoms with Crippen LogP contribution in [-0.2, 0) is 11.3 Å². The highest BCUT2D eigenvalue weighted by molar-refractivity contribution is 5.68. The standard InChI is InChI=1S/C16H21N3O2/c1-3-9-21-14-8-6-5-7-12(14)13-10-15(17)19-16(18-13)11-20-4-2/h5-8,10H,3-4,9,11H2,1-2H3,(H2,17,18,19). The molecule has 21 heavy (non-hydrogen) atoms. The fraction of sp³-hybridized carbons (Fsp3) is 0.375. The Morgan fingerprint density at radius 1 is 1.14 bits per heavy atom. The maximum Gasteiger partial charge on any atom is 0.157 e. The Hall–Kier alpha value is -2.14. The van der Waals surface area contributed by atoms with Crippen LogP contribution in [0, 0.1) is 0 Å². The van der Waals surface area contributed by atoms with Crippen molar-refractivity contribution in [1.82, 2.24) is 9.97 Å². The lowest BCUT2D eigenvalue weighted by molar-refractivity contribution is 0.128. The van der Waals surface area contributed by atoms with Crippen LogP contribution in [0.25, 0.3) is 11.3 Å². The number of anilines is 1. The summed E-state index contributed by atoms with van der Waals surface area (Å²) in [7, 11) is 0. The molecular weight excluding hydrogens is 266 g/mol. The Morgan fingerprint density at radius 3 is 2.71 bits per heavy atom. The van der Waals surface area contributed by atoms with Gasteiger partial charge in [-0.05, 0) is 25.5 Å². The van der Waals surface area contributed by atoms with E-state index in [9.17, 15) is 0 Å². The molecule has 0 saturated carbocycles. The summed E-state index contributed by atoms with van der Waals surface area (Å²) in [4.78, 5) is 8.70. The van der Waals surface area contributed by atoms with Crippen LogP contribution < -0.4 is 10.5 Å². The van der Waals surface area contributed by atoms with Crippen LogP contribution >= 0.6 is 0 Å². The van der Waals surface area contributed by atoms with E-state index in [1.807, 2.05) is 31.2 Å². The zero-order valence-electron chi connectivity index (χ0n) is 12.5. The molecule has 0 atom stereocenters. The average Bonchev–Trinajstić information content (AvgIpc) is 2.50. The van der Waals surface area contributed by atoms with Crippen molar-refractivity contribution in [2.45, 2.75) is 26.9 Å². The number of hydrogen-bond donors (Lipinski definition) is 1. The SMILES string of the molecule is CCCOc1ccccc1-c1cc(N)nc(COCC)n1. The van der Waals surface area contributed by atoms with E-state index in [0.717, 1.165) is 23.4 Å². The minimum Gasteiger partial charge on any atom is -0.493 e. The fourth-order valence-electron chi connectivity index (χ4n) is 1.93. The molecule has 0 radical (unpaired) electrons. The molecule has 0 saturated heterocycles. The first kappa shape index (κ1) is 15.3. The van der Waals surface area contributed by atoms with Gasteiger partial charge in [0.05, 0.1) is 12.3 Å². The van der Waals surface area contributed by atoms with E-state index in [0.29, 0.717) is 31.5 Å². The van der Waals surface area contributed by atoms with E-state index in [1.54, 1.807) is 6.07 Å². The molecule has 0 spiro atoms. The summed E-state index contributed by atoms with van der Waals surface area (Å²) in [6.45, 7) is 5.65. The van der Waals surface area contributed by atoms with Gasteiger partial charge in [-0.1, -0.05) is 19.1 Å². The molecule has 0 bridgehead atoms. The summed E-state index contributed by atoms with van der Waals surface area (Å²) in [5.74, 6) is 1.82. The van der Waals surface area contributed by atoms with Gasteiger partial charge in [0.15, 0.2) is 5.82 Å². The van der Waals surface area contributed by atoms with E-state index in [2.05, 4.69) is 16.9 Å². The van der Waals surface area contributed by atoms with Crippen molar-refractivity contribution in [2.24, 2.45) is 0 Å². The molecule has 0 unspecified atom stereocenters. The Labute approximate surface area is 125 Å². The number of nitrogen functional groups attached to an aromatic ring is 1. The fourth-order valence-corrected chi connectivity index (χ4v) is 1.93. The highest BCUT2D eigenvalue weighted by Crippen LogP contribution is 2.29. The molecule has 0 aliphatic heterocycles. The van der Waals surface area contributed by atoms with Crippen LogP contribution in [0.2, 0.25) is 0 Å². The van der Waals surface area contributed by atoms with Crippen molar-refractivity contribution in [3.63, 3.8) is 0 Å². The van der Waals surface area contributed by atoms with Crippen LogP contribution in [0.15, 0.2) is 30.3 Å². The molecule has 1 heterocycles. The predicted molar refractivity (Wildman–Crippen MR) is 83.0 cm³/mol. The van der Waals surface area contributed by atoms with Crippen LogP contribution in [0.3, 0.4) is 0 Å². The maximum absolute atomic E-state index is 5.87. The first-order valence-corrected chi connectivity index (χ1v) is 7.18. The molecule has 2 rings (SSSR count). The van der Waals surface area contributed by atoms with Crippen molar-refractivity contribution in [1.29, 1.82) is 0 Å². The summed E-state index contributed by atoms with van der Waals surface area (Å²) >= 11 is 0. The van der Waals surface area contributed by atoms with Gasteiger partial charge in [-0.25, -0.2) is 9.97 Å². The van der Waals surface area contributed by atoms with Gasteiger partial charge in [-0.3, -0.25) is 0 Å². The second-order valence-corrected chi connectivity index (χ2v) is 4.58. The molecule has 5 nitrogen and oxygen atoms in total. The lowest BCUT2D eigenvalue weighted by atomic mass is 10.1. The first-order chi connectivity index (χ1) is 10.2. The largest absolute Gasteiger partial charge is 0.493 e. The van der Waals surface area contributed by atoms with E-state index in [1.165, 1.54) is 0 Å². The third-order valence-corrected chi connectivity index (χ3v) is 2.85. The third-order valence-electron chi connectivity index (χ3n) is 2.85. The third kappa shape index (κ3) is 4.16. The van der Waals surface area contributed by atoms with Crippen molar-refractivity contribution >= 4 is 5.82 Å². The number of nitrogens with two attached hydrogens (primary N) is 1. The number of aromatic nitrogens is 2. The van der Waals surface area contributed by atoms with Gasteiger partial charge in [-0.15, -0.1) is 0 Å². The van der Waals surface area contributed by atoms with Crippen molar-refractivity contribution < 1.29 is 9.47 Å². The van der Waals surface area contributed by atoms with E-state index in [-0.39, 0.29) is 0 Å². The van der Waals surface area contributed by atoms with E-state index in [4.69, 9.17) is 15.2 Å². The van der Waals surface area contributed by atoms with Gasteiger partial charge < -0.3 is 15.2 Å².